The quantitative estimate of drug-likeness (QED) is 0.274. The number of hydrogen-bond donors (Lipinski definition) is 0. The third-order valence-electron chi connectivity index (χ3n) is 6.22. The Hall–Kier alpha value is -3.04. The molecule has 3 heterocycles. The summed E-state index contributed by atoms with van der Waals surface area (Å²) in [5.41, 5.74) is 7.36. The molecule has 0 saturated carbocycles. The summed E-state index contributed by atoms with van der Waals surface area (Å²) in [7, 11) is 0. The van der Waals surface area contributed by atoms with Crippen molar-refractivity contribution in [3.8, 4) is 22.4 Å². The summed E-state index contributed by atoms with van der Waals surface area (Å²) in [5, 5.41) is 6.09. The molecule has 0 atom stereocenters. The SMILES string of the molecule is CC(C)Cc1cncc2c(-c3ccnc(-c4cc(C(C)(C)C)c5ccccc5c4)c3)csc12. The highest BCUT2D eigenvalue weighted by atomic mass is 32.1. The molecule has 0 amide bonds. The third kappa shape index (κ3) is 4.18. The summed E-state index contributed by atoms with van der Waals surface area (Å²) in [6.45, 7) is 11.4. The fourth-order valence-corrected chi connectivity index (χ4v) is 5.72. The summed E-state index contributed by atoms with van der Waals surface area (Å²) in [5.74, 6) is 0.611. The lowest BCUT2D eigenvalue weighted by atomic mass is 9.82. The van der Waals surface area contributed by atoms with E-state index in [1.165, 1.54) is 48.7 Å². The fourth-order valence-electron chi connectivity index (χ4n) is 4.65. The van der Waals surface area contributed by atoms with E-state index in [4.69, 9.17) is 4.98 Å². The second kappa shape index (κ2) is 8.39. The molecular formula is C30H30N2S. The molecule has 3 heteroatoms. The van der Waals surface area contributed by atoms with E-state index >= 15 is 0 Å². The Morgan fingerprint density at radius 3 is 2.52 bits per heavy atom. The predicted octanol–water partition coefficient (Wildman–Crippen LogP) is 8.67. The van der Waals surface area contributed by atoms with Crippen LogP contribution < -0.4 is 0 Å². The van der Waals surface area contributed by atoms with Gasteiger partial charge in [-0.3, -0.25) is 9.97 Å². The maximum Gasteiger partial charge on any atom is 0.0708 e. The second-order valence-electron chi connectivity index (χ2n) is 10.3. The topological polar surface area (TPSA) is 25.8 Å². The number of pyridine rings is 2. The molecule has 0 fully saturated rings. The van der Waals surface area contributed by atoms with Crippen molar-refractivity contribution in [2.24, 2.45) is 5.92 Å². The van der Waals surface area contributed by atoms with Crippen LogP contribution in [0.25, 0.3) is 43.2 Å². The fraction of sp³-hybridized carbons (Fsp3) is 0.267. The largest absolute Gasteiger partial charge is 0.264 e. The van der Waals surface area contributed by atoms with Gasteiger partial charge in [0.25, 0.3) is 0 Å². The number of aromatic nitrogens is 2. The molecule has 2 aromatic carbocycles. The van der Waals surface area contributed by atoms with Gasteiger partial charge in [-0.15, -0.1) is 11.3 Å². The van der Waals surface area contributed by atoms with E-state index in [9.17, 15) is 0 Å². The van der Waals surface area contributed by atoms with Crippen LogP contribution in [0.5, 0.6) is 0 Å². The van der Waals surface area contributed by atoms with Gasteiger partial charge in [-0.2, -0.15) is 0 Å². The van der Waals surface area contributed by atoms with E-state index in [0.29, 0.717) is 5.92 Å². The van der Waals surface area contributed by atoms with Crippen LogP contribution in [0, 0.1) is 5.92 Å². The molecule has 0 spiro atoms. The monoisotopic (exact) mass is 450 g/mol. The Morgan fingerprint density at radius 1 is 0.909 bits per heavy atom. The van der Waals surface area contributed by atoms with Gasteiger partial charge in [0.15, 0.2) is 0 Å². The van der Waals surface area contributed by atoms with Crippen LogP contribution in [0.1, 0.15) is 45.7 Å². The van der Waals surface area contributed by atoms with Gasteiger partial charge in [0.05, 0.1) is 5.69 Å². The molecule has 2 nitrogen and oxygen atoms in total. The number of thiophene rings is 1. The van der Waals surface area contributed by atoms with Gasteiger partial charge in [-0.05, 0) is 74.9 Å². The first-order chi connectivity index (χ1) is 15.8. The molecule has 166 valence electrons. The van der Waals surface area contributed by atoms with Crippen molar-refractivity contribution >= 4 is 32.2 Å². The average molecular weight is 451 g/mol. The molecule has 33 heavy (non-hydrogen) atoms. The molecule has 0 aliphatic heterocycles. The standard InChI is InChI=1S/C30H30N2S/c1-19(2)12-23-16-31-17-25-26(18-33-29(23)25)21-10-11-32-28(15-21)22-13-20-8-6-7-9-24(20)27(14-22)30(3,4)5/h6-11,13-19H,12H2,1-5H3. The van der Waals surface area contributed by atoms with E-state index in [2.05, 4.69) is 93.5 Å². The lowest BCUT2D eigenvalue weighted by molar-refractivity contribution is 0.596. The highest BCUT2D eigenvalue weighted by molar-refractivity contribution is 7.18. The molecule has 0 aliphatic carbocycles. The van der Waals surface area contributed by atoms with Gasteiger partial charge in [0, 0.05) is 39.8 Å². The minimum Gasteiger partial charge on any atom is -0.264 e. The molecule has 0 aliphatic rings. The molecule has 5 aromatic rings. The lowest BCUT2D eigenvalue weighted by Gasteiger charge is -2.22. The smallest absolute Gasteiger partial charge is 0.0708 e. The van der Waals surface area contributed by atoms with Crippen molar-refractivity contribution in [2.45, 2.75) is 46.5 Å². The van der Waals surface area contributed by atoms with Gasteiger partial charge < -0.3 is 0 Å². The van der Waals surface area contributed by atoms with E-state index in [0.717, 1.165) is 12.1 Å². The number of benzene rings is 2. The maximum absolute atomic E-state index is 4.77. The van der Waals surface area contributed by atoms with Gasteiger partial charge >= 0.3 is 0 Å². The highest BCUT2D eigenvalue weighted by Crippen LogP contribution is 2.38. The Labute approximate surface area is 200 Å². The third-order valence-corrected chi connectivity index (χ3v) is 7.29. The molecule has 5 rings (SSSR count). The van der Waals surface area contributed by atoms with E-state index in [1.807, 2.05) is 29.9 Å². The summed E-state index contributed by atoms with van der Waals surface area (Å²) < 4.78 is 1.35. The van der Waals surface area contributed by atoms with Gasteiger partial charge in [0.1, 0.15) is 0 Å². The van der Waals surface area contributed by atoms with Crippen LogP contribution in [0.3, 0.4) is 0 Å². The first-order valence-electron chi connectivity index (χ1n) is 11.7. The van der Waals surface area contributed by atoms with Crippen molar-refractivity contribution in [1.29, 1.82) is 0 Å². The molecule has 3 aromatic heterocycles. The number of rotatable bonds is 4. The highest BCUT2D eigenvalue weighted by Gasteiger charge is 2.19. The second-order valence-corrected chi connectivity index (χ2v) is 11.2. The Kier molecular flexibility index (Phi) is 5.54. The zero-order chi connectivity index (χ0) is 23.2. The zero-order valence-corrected chi connectivity index (χ0v) is 20.8. The predicted molar refractivity (Wildman–Crippen MR) is 143 cm³/mol. The van der Waals surface area contributed by atoms with Gasteiger partial charge in [-0.1, -0.05) is 58.9 Å². The summed E-state index contributed by atoms with van der Waals surface area (Å²) in [6, 6.07) is 17.6. The van der Waals surface area contributed by atoms with Crippen LogP contribution >= 0.6 is 11.3 Å². The van der Waals surface area contributed by atoms with E-state index in [1.54, 1.807) is 0 Å². The van der Waals surface area contributed by atoms with Crippen LogP contribution in [0.4, 0.5) is 0 Å². The zero-order valence-electron chi connectivity index (χ0n) is 20.0. The number of fused-ring (bicyclic) bond motifs is 2. The van der Waals surface area contributed by atoms with Crippen molar-refractivity contribution in [2.75, 3.05) is 0 Å². The van der Waals surface area contributed by atoms with Gasteiger partial charge in [0.2, 0.25) is 0 Å². The maximum atomic E-state index is 4.77. The summed E-state index contributed by atoms with van der Waals surface area (Å²) in [4.78, 5) is 9.34. The Balaban J connectivity index is 1.64. The van der Waals surface area contributed by atoms with Gasteiger partial charge in [-0.25, -0.2) is 0 Å². The molecule has 0 radical (unpaired) electrons. The molecule has 0 unspecified atom stereocenters. The molecule has 0 N–H and O–H groups in total. The molecule has 0 saturated heterocycles. The van der Waals surface area contributed by atoms with E-state index < -0.39 is 0 Å². The van der Waals surface area contributed by atoms with Crippen molar-refractivity contribution in [3.05, 3.63) is 83.6 Å². The van der Waals surface area contributed by atoms with Crippen molar-refractivity contribution < 1.29 is 0 Å². The number of hydrogen-bond acceptors (Lipinski definition) is 3. The number of nitrogens with zero attached hydrogens (tertiary/aromatic N) is 2. The summed E-state index contributed by atoms with van der Waals surface area (Å²) in [6.07, 6.45) is 7.03. The van der Waals surface area contributed by atoms with Crippen LogP contribution in [-0.2, 0) is 11.8 Å². The first-order valence-corrected chi connectivity index (χ1v) is 12.5. The minimum absolute atomic E-state index is 0.0509. The normalized spacial score (nSPS) is 12.2. The molecular weight excluding hydrogens is 420 g/mol. The Morgan fingerprint density at radius 2 is 1.73 bits per heavy atom. The molecule has 0 bridgehead atoms. The average Bonchev–Trinajstić information content (AvgIpc) is 3.23. The minimum atomic E-state index is 0.0509. The van der Waals surface area contributed by atoms with Crippen LogP contribution in [-0.4, -0.2) is 9.97 Å². The Bertz CT molecular complexity index is 1450. The first kappa shape index (κ1) is 21.8. The van der Waals surface area contributed by atoms with Crippen molar-refractivity contribution in [3.63, 3.8) is 0 Å². The lowest BCUT2D eigenvalue weighted by Crippen LogP contribution is -2.12. The van der Waals surface area contributed by atoms with Crippen LogP contribution in [0.2, 0.25) is 0 Å². The van der Waals surface area contributed by atoms with Crippen molar-refractivity contribution in [1.82, 2.24) is 9.97 Å². The summed E-state index contributed by atoms with van der Waals surface area (Å²) >= 11 is 1.83. The van der Waals surface area contributed by atoms with E-state index in [-0.39, 0.29) is 5.41 Å². The van der Waals surface area contributed by atoms with Crippen LogP contribution in [0.15, 0.2) is 72.5 Å².